The molecule has 2 amide bonds. The number of hydrogen-bond acceptors (Lipinski definition) is 2. The van der Waals surface area contributed by atoms with E-state index in [1.54, 1.807) is 18.2 Å². The van der Waals surface area contributed by atoms with Gasteiger partial charge in [-0.1, -0.05) is 23.7 Å². The molecule has 2 rings (SSSR count). The summed E-state index contributed by atoms with van der Waals surface area (Å²) in [6.07, 6.45) is 1.93. The fourth-order valence-corrected chi connectivity index (χ4v) is 1.60. The molecule has 0 spiro atoms. The first kappa shape index (κ1) is 11.9. The molecule has 1 saturated carbocycles. The molecule has 0 aliphatic heterocycles. The SMILES string of the molecule is O=C(NCc1cccc(Cl)c1)C(=O)NC1CC1. The quantitative estimate of drug-likeness (QED) is 0.795. The Hall–Kier alpha value is -1.55. The van der Waals surface area contributed by atoms with Gasteiger partial charge < -0.3 is 10.6 Å². The van der Waals surface area contributed by atoms with Crippen LogP contribution >= 0.6 is 11.6 Å². The lowest BCUT2D eigenvalue weighted by molar-refractivity contribution is -0.139. The lowest BCUT2D eigenvalue weighted by atomic mass is 10.2. The molecule has 1 aliphatic carbocycles. The molecule has 1 fully saturated rings. The van der Waals surface area contributed by atoms with E-state index in [1.165, 1.54) is 0 Å². The van der Waals surface area contributed by atoms with Crippen LogP contribution in [0.5, 0.6) is 0 Å². The minimum absolute atomic E-state index is 0.194. The van der Waals surface area contributed by atoms with Gasteiger partial charge in [0.05, 0.1) is 0 Å². The van der Waals surface area contributed by atoms with Gasteiger partial charge in [0.1, 0.15) is 0 Å². The van der Waals surface area contributed by atoms with E-state index in [0.29, 0.717) is 11.6 Å². The third-order valence-corrected chi connectivity index (χ3v) is 2.70. The van der Waals surface area contributed by atoms with Gasteiger partial charge in [-0.2, -0.15) is 0 Å². The van der Waals surface area contributed by atoms with Crippen LogP contribution in [0.4, 0.5) is 0 Å². The number of hydrogen-bond donors (Lipinski definition) is 2. The van der Waals surface area contributed by atoms with Gasteiger partial charge in [-0.15, -0.1) is 0 Å². The second kappa shape index (κ2) is 5.19. The fraction of sp³-hybridized carbons (Fsp3) is 0.333. The van der Waals surface area contributed by atoms with Crippen LogP contribution in [0.15, 0.2) is 24.3 Å². The first-order valence-electron chi connectivity index (χ1n) is 5.48. The largest absolute Gasteiger partial charge is 0.345 e. The van der Waals surface area contributed by atoms with E-state index in [1.807, 2.05) is 6.07 Å². The maximum absolute atomic E-state index is 11.4. The number of rotatable bonds is 3. The van der Waals surface area contributed by atoms with Gasteiger partial charge in [0, 0.05) is 17.6 Å². The number of halogens is 1. The highest BCUT2D eigenvalue weighted by molar-refractivity contribution is 6.35. The summed E-state index contributed by atoms with van der Waals surface area (Å²) >= 11 is 5.81. The Balaban J connectivity index is 1.80. The zero-order chi connectivity index (χ0) is 12.3. The van der Waals surface area contributed by atoms with Crippen LogP contribution in [-0.2, 0) is 16.1 Å². The molecule has 0 aromatic heterocycles. The van der Waals surface area contributed by atoms with E-state index in [4.69, 9.17) is 11.6 Å². The molecule has 0 bridgehead atoms. The number of carbonyl (C=O) groups is 2. The van der Waals surface area contributed by atoms with E-state index in [0.717, 1.165) is 18.4 Å². The van der Waals surface area contributed by atoms with Crippen LogP contribution in [0.3, 0.4) is 0 Å². The summed E-state index contributed by atoms with van der Waals surface area (Å²) in [6.45, 7) is 0.303. The van der Waals surface area contributed by atoms with Crippen molar-refractivity contribution in [2.45, 2.75) is 25.4 Å². The topological polar surface area (TPSA) is 58.2 Å². The Morgan fingerprint density at radius 3 is 2.71 bits per heavy atom. The minimum atomic E-state index is -0.600. The Bertz CT molecular complexity index is 444. The van der Waals surface area contributed by atoms with E-state index < -0.39 is 11.8 Å². The molecule has 0 unspecified atom stereocenters. The molecule has 1 aromatic rings. The van der Waals surface area contributed by atoms with E-state index in [2.05, 4.69) is 10.6 Å². The maximum atomic E-state index is 11.4. The lowest BCUT2D eigenvalue weighted by Gasteiger charge is -2.05. The van der Waals surface area contributed by atoms with Crippen LogP contribution in [0.2, 0.25) is 5.02 Å². The molecule has 0 atom stereocenters. The van der Waals surface area contributed by atoms with Crippen molar-refractivity contribution >= 4 is 23.4 Å². The predicted molar refractivity (Wildman–Crippen MR) is 64.5 cm³/mol. The minimum Gasteiger partial charge on any atom is -0.345 e. The van der Waals surface area contributed by atoms with Gasteiger partial charge in [-0.05, 0) is 30.5 Å². The summed E-state index contributed by atoms with van der Waals surface area (Å²) in [4.78, 5) is 22.7. The van der Waals surface area contributed by atoms with Gasteiger partial charge in [0.15, 0.2) is 0 Å². The van der Waals surface area contributed by atoms with Crippen LogP contribution in [-0.4, -0.2) is 17.9 Å². The van der Waals surface area contributed by atoms with Crippen molar-refractivity contribution in [2.75, 3.05) is 0 Å². The van der Waals surface area contributed by atoms with Gasteiger partial charge in [-0.3, -0.25) is 9.59 Å². The van der Waals surface area contributed by atoms with Crippen LogP contribution in [0, 0.1) is 0 Å². The summed E-state index contributed by atoms with van der Waals surface area (Å²) in [7, 11) is 0. The third-order valence-electron chi connectivity index (χ3n) is 2.46. The maximum Gasteiger partial charge on any atom is 0.309 e. The highest BCUT2D eigenvalue weighted by Gasteiger charge is 2.26. The molecule has 0 heterocycles. The molecular formula is C12H13ClN2O2. The molecular weight excluding hydrogens is 240 g/mol. The Morgan fingerprint density at radius 2 is 2.06 bits per heavy atom. The van der Waals surface area contributed by atoms with Crippen molar-refractivity contribution in [3.8, 4) is 0 Å². The summed E-state index contributed by atoms with van der Waals surface area (Å²) < 4.78 is 0. The van der Waals surface area contributed by atoms with Crippen molar-refractivity contribution in [1.29, 1.82) is 0 Å². The van der Waals surface area contributed by atoms with E-state index >= 15 is 0 Å². The normalized spacial score (nSPS) is 14.2. The Morgan fingerprint density at radius 1 is 1.29 bits per heavy atom. The van der Waals surface area contributed by atoms with Crippen molar-refractivity contribution in [1.82, 2.24) is 10.6 Å². The lowest BCUT2D eigenvalue weighted by Crippen LogP contribution is -2.40. The Labute approximate surface area is 104 Å². The van der Waals surface area contributed by atoms with Gasteiger partial charge in [0.2, 0.25) is 0 Å². The second-order valence-corrected chi connectivity index (χ2v) is 4.50. The van der Waals surface area contributed by atoms with Crippen LogP contribution in [0.25, 0.3) is 0 Å². The molecule has 4 nitrogen and oxygen atoms in total. The number of carbonyl (C=O) groups excluding carboxylic acids is 2. The van der Waals surface area contributed by atoms with Crippen molar-refractivity contribution in [3.05, 3.63) is 34.9 Å². The highest BCUT2D eigenvalue weighted by Crippen LogP contribution is 2.18. The van der Waals surface area contributed by atoms with E-state index in [-0.39, 0.29) is 6.04 Å². The smallest absolute Gasteiger partial charge is 0.309 e. The van der Waals surface area contributed by atoms with Gasteiger partial charge >= 0.3 is 11.8 Å². The molecule has 0 saturated heterocycles. The van der Waals surface area contributed by atoms with Crippen molar-refractivity contribution in [2.24, 2.45) is 0 Å². The Kier molecular flexibility index (Phi) is 3.64. The average Bonchev–Trinajstić information content (AvgIpc) is 3.10. The number of benzene rings is 1. The average molecular weight is 253 g/mol. The molecule has 0 radical (unpaired) electrons. The monoisotopic (exact) mass is 252 g/mol. The molecule has 1 aliphatic rings. The first-order valence-corrected chi connectivity index (χ1v) is 5.86. The third kappa shape index (κ3) is 3.75. The zero-order valence-electron chi connectivity index (χ0n) is 9.20. The first-order chi connectivity index (χ1) is 8.15. The molecule has 1 aromatic carbocycles. The highest BCUT2D eigenvalue weighted by atomic mass is 35.5. The van der Waals surface area contributed by atoms with Crippen molar-refractivity contribution in [3.63, 3.8) is 0 Å². The van der Waals surface area contributed by atoms with Crippen molar-refractivity contribution < 1.29 is 9.59 Å². The zero-order valence-corrected chi connectivity index (χ0v) is 9.96. The molecule has 17 heavy (non-hydrogen) atoms. The van der Waals surface area contributed by atoms with Gasteiger partial charge in [0.25, 0.3) is 0 Å². The molecule has 2 N–H and O–H groups in total. The molecule has 5 heteroatoms. The summed E-state index contributed by atoms with van der Waals surface area (Å²) in [5.74, 6) is -1.16. The summed E-state index contributed by atoms with van der Waals surface area (Å²) in [5.41, 5.74) is 0.866. The van der Waals surface area contributed by atoms with Gasteiger partial charge in [-0.25, -0.2) is 0 Å². The van der Waals surface area contributed by atoms with E-state index in [9.17, 15) is 9.59 Å². The summed E-state index contributed by atoms with van der Waals surface area (Å²) in [5, 5.41) is 5.78. The standard InChI is InChI=1S/C12H13ClN2O2/c13-9-3-1-2-8(6-9)7-14-11(16)12(17)15-10-4-5-10/h1-3,6,10H,4-5,7H2,(H,14,16)(H,15,17). The van der Waals surface area contributed by atoms with Crippen LogP contribution < -0.4 is 10.6 Å². The fourth-order valence-electron chi connectivity index (χ4n) is 1.39. The molecule has 90 valence electrons. The second-order valence-electron chi connectivity index (χ2n) is 4.06. The number of nitrogens with one attached hydrogen (secondary N) is 2. The summed E-state index contributed by atoms with van der Waals surface area (Å²) in [6, 6.07) is 7.34. The van der Waals surface area contributed by atoms with Crippen LogP contribution in [0.1, 0.15) is 18.4 Å². The number of amides is 2. The predicted octanol–water partition coefficient (Wildman–Crippen LogP) is 1.23.